The number of para-hydroxylation sites is 2. The molecule has 2 aromatic carbocycles. The van der Waals surface area contributed by atoms with Gasteiger partial charge in [-0.3, -0.25) is 4.79 Å². The Morgan fingerprint density at radius 2 is 1.80 bits per heavy atom. The Morgan fingerprint density at radius 1 is 1.00 bits per heavy atom. The van der Waals surface area contributed by atoms with Gasteiger partial charge < -0.3 is 9.73 Å². The summed E-state index contributed by atoms with van der Waals surface area (Å²) in [6.07, 6.45) is 1.43. The maximum Gasteiger partial charge on any atom is 0.257 e. The Bertz CT molecular complexity index is 1010. The third-order valence-electron chi connectivity index (χ3n) is 3.67. The average Bonchev–Trinajstić information content (AvgIpc) is 3.07. The molecular formula is C19H12ClN3O2. The average molecular weight is 350 g/mol. The first-order valence-corrected chi connectivity index (χ1v) is 7.96. The Hall–Kier alpha value is -3.18. The topological polar surface area (TPSA) is 68.0 Å². The molecule has 0 saturated carbocycles. The molecule has 4 aromatic rings. The van der Waals surface area contributed by atoms with Gasteiger partial charge in [0.15, 0.2) is 5.58 Å². The number of hydrogen-bond acceptors (Lipinski definition) is 4. The van der Waals surface area contributed by atoms with Crippen LogP contribution in [0, 0.1) is 0 Å². The second-order valence-electron chi connectivity index (χ2n) is 5.39. The molecule has 5 nitrogen and oxygen atoms in total. The second-order valence-corrected chi connectivity index (χ2v) is 5.78. The van der Waals surface area contributed by atoms with Crippen LogP contribution in [-0.2, 0) is 0 Å². The quantitative estimate of drug-likeness (QED) is 0.540. The number of carbonyl (C=O) groups excluding carboxylic acids is 1. The van der Waals surface area contributed by atoms with Gasteiger partial charge in [0, 0.05) is 17.4 Å². The maximum atomic E-state index is 12.2. The Labute approximate surface area is 148 Å². The van der Waals surface area contributed by atoms with Crippen LogP contribution < -0.4 is 5.32 Å². The lowest BCUT2D eigenvalue weighted by Gasteiger charge is -2.05. The number of halogens is 1. The van der Waals surface area contributed by atoms with Crippen molar-refractivity contribution in [2.24, 2.45) is 0 Å². The molecule has 0 unspecified atom stereocenters. The third kappa shape index (κ3) is 3.22. The normalized spacial score (nSPS) is 10.8. The van der Waals surface area contributed by atoms with Crippen LogP contribution in [0.5, 0.6) is 0 Å². The smallest absolute Gasteiger partial charge is 0.257 e. The van der Waals surface area contributed by atoms with Gasteiger partial charge in [0.1, 0.15) is 10.7 Å². The highest BCUT2D eigenvalue weighted by molar-refractivity contribution is 6.29. The van der Waals surface area contributed by atoms with E-state index in [-0.39, 0.29) is 5.91 Å². The van der Waals surface area contributed by atoms with Crippen molar-refractivity contribution < 1.29 is 9.21 Å². The molecule has 2 heterocycles. The van der Waals surface area contributed by atoms with Crippen LogP contribution in [0.1, 0.15) is 10.4 Å². The van der Waals surface area contributed by atoms with Gasteiger partial charge in [-0.1, -0.05) is 23.7 Å². The molecule has 2 aromatic heterocycles. The van der Waals surface area contributed by atoms with Crippen LogP contribution in [-0.4, -0.2) is 15.9 Å². The molecular weight excluding hydrogens is 338 g/mol. The van der Waals surface area contributed by atoms with E-state index in [2.05, 4.69) is 15.3 Å². The van der Waals surface area contributed by atoms with Crippen molar-refractivity contribution in [2.75, 3.05) is 5.32 Å². The SMILES string of the molecule is O=C(Nc1ccc(-c2nc3ccccc3o2)cc1)c1ccc(Cl)nc1. The molecule has 0 saturated heterocycles. The molecule has 0 spiro atoms. The number of amides is 1. The first-order chi connectivity index (χ1) is 12.2. The number of carbonyl (C=O) groups is 1. The van der Waals surface area contributed by atoms with Crippen LogP contribution in [0.25, 0.3) is 22.6 Å². The van der Waals surface area contributed by atoms with Gasteiger partial charge in [0.25, 0.3) is 5.91 Å². The van der Waals surface area contributed by atoms with E-state index in [0.717, 1.165) is 16.7 Å². The van der Waals surface area contributed by atoms with E-state index in [1.165, 1.54) is 6.20 Å². The van der Waals surface area contributed by atoms with Crippen molar-refractivity contribution in [1.29, 1.82) is 0 Å². The zero-order chi connectivity index (χ0) is 17.2. The number of rotatable bonds is 3. The monoisotopic (exact) mass is 349 g/mol. The van der Waals surface area contributed by atoms with Gasteiger partial charge in [-0.25, -0.2) is 9.97 Å². The van der Waals surface area contributed by atoms with Gasteiger partial charge in [-0.15, -0.1) is 0 Å². The fourth-order valence-corrected chi connectivity index (χ4v) is 2.52. The van der Waals surface area contributed by atoms with Crippen molar-refractivity contribution in [3.8, 4) is 11.5 Å². The molecule has 4 rings (SSSR count). The summed E-state index contributed by atoms with van der Waals surface area (Å²) in [5.41, 5.74) is 3.49. The van der Waals surface area contributed by atoms with E-state index < -0.39 is 0 Å². The lowest BCUT2D eigenvalue weighted by molar-refractivity contribution is 0.102. The lowest BCUT2D eigenvalue weighted by atomic mass is 10.2. The van der Waals surface area contributed by atoms with Crippen molar-refractivity contribution in [3.63, 3.8) is 0 Å². The predicted octanol–water partition coefficient (Wildman–Crippen LogP) is 4.80. The summed E-state index contributed by atoms with van der Waals surface area (Å²) in [7, 11) is 0. The number of hydrogen-bond donors (Lipinski definition) is 1. The van der Waals surface area contributed by atoms with Gasteiger partial charge in [-0.05, 0) is 48.5 Å². The highest BCUT2D eigenvalue weighted by Crippen LogP contribution is 2.25. The van der Waals surface area contributed by atoms with Crippen LogP contribution in [0.15, 0.2) is 71.3 Å². The molecule has 0 aliphatic rings. The highest BCUT2D eigenvalue weighted by Gasteiger charge is 2.09. The van der Waals surface area contributed by atoms with E-state index in [9.17, 15) is 4.79 Å². The predicted molar refractivity (Wildman–Crippen MR) is 96.6 cm³/mol. The molecule has 25 heavy (non-hydrogen) atoms. The largest absolute Gasteiger partial charge is 0.436 e. The lowest BCUT2D eigenvalue weighted by Crippen LogP contribution is -2.11. The number of nitrogens with zero attached hydrogens (tertiary/aromatic N) is 2. The van der Waals surface area contributed by atoms with Crippen molar-refractivity contribution in [1.82, 2.24) is 9.97 Å². The van der Waals surface area contributed by atoms with Gasteiger partial charge >= 0.3 is 0 Å². The molecule has 1 amide bonds. The zero-order valence-corrected chi connectivity index (χ0v) is 13.7. The van der Waals surface area contributed by atoms with Crippen LogP contribution >= 0.6 is 11.6 Å². The van der Waals surface area contributed by atoms with Crippen LogP contribution in [0.4, 0.5) is 5.69 Å². The summed E-state index contributed by atoms with van der Waals surface area (Å²) < 4.78 is 5.74. The first kappa shape index (κ1) is 15.4. The summed E-state index contributed by atoms with van der Waals surface area (Å²) in [5, 5.41) is 3.16. The fourth-order valence-electron chi connectivity index (χ4n) is 2.41. The summed E-state index contributed by atoms with van der Waals surface area (Å²) in [5.74, 6) is 0.291. The van der Waals surface area contributed by atoms with Crippen LogP contribution in [0.2, 0.25) is 5.15 Å². The molecule has 122 valence electrons. The summed E-state index contributed by atoms with van der Waals surface area (Å²) in [4.78, 5) is 20.5. The third-order valence-corrected chi connectivity index (χ3v) is 3.90. The highest BCUT2D eigenvalue weighted by atomic mass is 35.5. The number of fused-ring (bicyclic) bond motifs is 1. The van der Waals surface area contributed by atoms with E-state index in [4.69, 9.17) is 16.0 Å². The summed E-state index contributed by atoms with van der Waals surface area (Å²) in [6, 6.07) is 18.1. The molecule has 1 N–H and O–H groups in total. The number of benzene rings is 2. The summed E-state index contributed by atoms with van der Waals surface area (Å²) in [6.45, 7) is 0. The van der Waals surface area contributed by atoms with Crippen molar-refractivity contribution in [3.05, 3.63) is 77.6 Å². The molecule has 0 radical (unpaired) electrons. The molecule has 0 fully saturated rings. The van der Waals surface area contributed by atoms with Gasteiger partial charge in [-0.2, -0.15) is 0 Å². The number of pyridine rings is 1. The van der Waals surface area contributed by atoms with E-state index in [1.807, 2.05) is 36.4 Å². The maximum absolute atomic E-state index is 12.2. The Morgan fingerprint density at radius 3 is 2.52 bits per heavy atom. The molecule has 0 bridgehead atoms. The first-order valence-electron chi connectivity index (χ1n) is 7.58. The number of nitrogens with one attached hydrogen (secondary N) is 1. The number of aromatic nitrogens is 2. The minimum absolute atomic E-state index is 0.251. The molecule has 0 aliphatic heterocycles. The van der Waals surface area contributed by atoms with Gasteiger partial charge in [0.05, 0.1) is 5.56 Å². The Balaban J connectivity index is 1.53. The number of oxazole rings is 1. The molecule has 6 heteroatoms. The van der Waals surface area contributed by atoms with Crippen LogP contribution in [0.3, 0.4) is 0 Å². The van der Waals surface area contributed by atoms with Crippen molar-refractivity contribution >= 4 is 34.3 Å². The van der Waals surface area contributed by atoms with E-state index >= 15 is 0 Å². The fraction of sp³-hybridized carbons (Fsp3) is 0. The second kappa shape index (κ2) is 6.37. The molecule has 0 atom stereocenters. The Kier molecular flexibility index (Phi) is 3.91. The van der Waals surface area contributed by atoms with E-state index in [1.54, 1.807) is 24.3 Å². The molecule has 0 aliphatic carbocycles. The van der Waals surface area contributed by atoms with Crippen molar-refractivity contribution in [2.45, 2.75) is 0 Å². The summed E-state index contributed by atoms with van der Waals surface area (Å²) >= 11 is 5.72. The standard InChI is InChI=1S/C19H12ClN3O2/c20-17-10-7-13(11-21-17)18(24)22-14-8-5-12(6-9-14)19-23-15-3-1-2-4-16(15)25-19/h1-11H,(H,22,24). The number of anilines is 1. The minimum atomic E-state index is -0.251. The minimum Gasteiger partial charge on any atom is -0.436 e. The van der Waals surface area contributed by atoms with E-state index in [0.29, 0.717) is 22.3 Å². The zero-order valence-electron chi connectivity index (χ0n) is 12.9. The van der Waals surface area contributed by atoms with Gasteiger partial charge in [0.2, 0.25) is 5.89 Å².